The number of nitriles is 1. The molecule has 1 saturated carbocycles. The zero-order valence-electron chi connectivity index (χ0n) is 17.8. The molecule has 0 aliphatic heterocycles. The molecule has 33 heavy (non-hydrogen) atoms. The first-order valence-corrected chi connectivity index (χ1v) is 12.3. The SMILES string of the molecule is CC(Sc1cc(C(=O)NC2CC2)c2ccccc2n1)/C(O)=C(\C#N)c1nc2ccccc2s1. The van der Waals surface area contributed by atoms with Gasteiger partial charge in [-0.05, 0) is 44.0 Å². The molecule has 8 heteroatoms. The fourth-order valence-corrected chi connectivity index (χ4v) is 5.42. The van der Waals surface area contributed by atoms with Crippen LogP contribution in [0.5, 0.6) is 0 Å². The van der Waals surface area contributed by atoms with E-state index in [1.54, 1.807) is 6.07 Å². The molecule has 1 atom stereocenters. The summed E-state index contributed by atoms with van der Waals surface area (Å²) < 4.78 is 0.955. The molecule has 1 aliphatic carbocycles. The number of hydrogen-bond donors (Lipinski definition) is 2. The molecule has 6 nitrogen and oxygen atoms in total. The van der Waals surface area contributed by atoms with Crippen LogP contribution in [0, 0.1) is 11.3 Å². The lowest BCUT2D eigenvalue weighted by Gasteiger charge is -2.14. The van der Waals surface area contributed by atoms with Gasteiger partial charge in [-0.25, -0.2) is 9.97 Å². The van der Waals surface area contributed by atoms with Crippen LogP contribution in [-0.2, 0) is 0 Å². The second-order valence-corrected chi connectivity index (χ2v) is 10.3. The fourth-order valence-electron chi connectivity index (χ4n) is 3.52. The number of nitrogens with zero attached hydrogens (tertiary/aromatic N) is 3. The Morgan fingerprint density at radius 1 is 1.18 bits per heavy atom. The Morgan fingerprint density at radius 3 is 2.64 bits per heavy atom. The molecule has 2 aromatic carbocycles. The van der Waals surface area contributed by atoms with Crippen molar-refractivity contribution in [3.05, 3.63) is 70.9 Å². The average Bonchev–Trinajstić information content (AvgIpc) is 3.53. The zero-order valence-corrected chi connectivity index (χ0v) is 19.4. The number of carbonyl (C=O) groups excluding carboxylic acids is 1. The van der Waals surface area contributed by atoms with Gasteiger partial charge in [0.1, 0.15) is 22.4 Å². The molecular formula is C25H20N4O2S2. The predicted octanol–water partition coefficient (Wildman–Crippen LogP) is 5.71. The van der Waals surface area contributed by atoms with Gasteiger partial charge in [0.05, 0.1) is 31.6 Å². The molecule has 1 unspecified atom stereocenters. The normalized spacial score (nSPS) is 15.2. The summed E-state index contributed by atoms with van der Waals surface area (Å²) in [5, 5.41) is 25.2. The van der Waals surface area contributed by atoms with E-state index in [2.05, 4.69) is 21.4 Å². The Kier molecular flexibility index (Phi) is 5.75. The number of thiazole rings is 1. The molecule has 0 spiro atoms. The summed E-state index contributed by atoms with van der Waals surface area (Å²) in [4.78, 5) is 22.0. The maximum absolute atomic E-state index is 12.8. The van der Waals surface area contributed by atoms with Gasteiger partial charge in [-0.1, -0.05) is 42.1 Å². The highest BCUT2D eigenvalue weighted by molar-refractivity contribution is 8.00. The Labute approximate surface area is 199 Å². The van der Waals surface area contributed by atoms with Crippen molar-refractivity contribution in [3.8, 4) is 6.07 Å². The Hall–Kier alpha value is -3.41. The summed E-state index contributed by atoms with van der Waals surface area (Å²) in [5.41, 5.74) is 2.23. The monoisotopic (exact) mass is 472 g/mol. The van der Waals surface area contributed by atoms with Crippen molar-refractivity contribution in [1.29, 1.82) is 5.26 Å². The van der Waals surface area contributed by atoms with E-state index in [1.807, 2.05) is 55.5 Å². The minimum Gasteiger partial charge on any atom is -0.510 e. The van der Waals surface area contributed by atoms with Crippen molar-refractivity contribution >= 4 is 55.7 Å². The van der Waals surface area contributed by atoms with Crippen LogP contribution in [0.4, 0.5) is 0 Å². The number of allylic oxidation sites excluding steroid dienone is 1. The number of aromatic nitrogens is 2. The van der Waals surface area contributed by atoms with E-state index in [-0.39, 0.29) is 23.3 Å². The van der Waals surface area contributed by atoms with E-state index in [4.69, 9.17) is 0 Å². The molecule has 0 saturated heterocycles. The van der Waals surface area contributed by atoms with E-state index in [0.717, 1.165) is 28.4 Å². The smallest absolute Gasteiger partial charge is 0.252 e. The van der Waals surface area contributed by atoms with Crippen LogP contribution >= 0.6 is 23.1 Å². The van der Waals surface area contributed by atoms with Gasteiger partial charge in [0, 0.05) is 11.4 Å². The van der Waals surface area contributed by atoms with Gasteiger partial charge in [0.25, 0.3) is 5.91 Å². The first-order chi connectivity index (χ1) is 16.0. The summed E-state index contributed by atoms with van der Waals surface area (Å²) in [5.74, 6) is -0.168. The van der Waals surface area contributed by atoms with Crippen LogP contribution in [0.15, 0.2) is 65.4 Å². The third kappa shape index (κ3) is 4.42. The zero-order chi connectivity index (χ0) is 22.9. The largest absolute Gasteiger partial charge is 0.510 e. The number of rotatable bonds is 6. The van der Waals surface area contributed by atoms with Crippen molar-refractivity contribution in [1.82, 2.24) is 15.3 Å². The second kappa shape index (κ2) is 8.85. The molecule has 1 fully saturated rings. The third-order valence-electron chi connectivity index (χ3n) is 5.41. The molecule has 1 amide bonds. The average molecular weight is 473 g/mol. The van der Waals surface area contributed by atoms with Crippen LogP contribution < -0.4 is 5.32 Å². The Balaban J connectivity index is 1.48. The molecule has 0 radical (unpaired) electrons. The van der Waals surface area contributed by atoms with Gasteiger partial charge in [0.2, 0.25) is 0 Å². The Bertz CT molecular complexity index is 1420. The summed E-state index contributed by atoms with van der Waals surface area (Å²) in [7, 11) is 0. The molecule has 0 bridgehead atoms. The predicted molar refractivity (Wildman–Crippen MR) is 132 cm³/mol. The first-order valence-electron chi connectivity index (χ1n) is 10.6. The highest BCUT2D eigenvalue weighted by atomic mass is 32.2. The summed E-state index contributed by atoms with van der Waals surface area (Å²) in [6, 6.07) is 19.3. The van der Waals surface area contributed by atoms with E-state index >= 15 is 0 Å². The summed E-state index contributed by atoms with van der Waals surface area (Å²) in [6.07, 6.45) is 2.02. The maximum Gasteiger partial charge on any atom is 0.252 e. The summed E-state index contributed by atoms with van der Waals surface area (Å²) in [6.45, 7) is 1.81. The second-order valence-electron chi connectivity index (χ2n) is 7.89. The molecule has 2 heterocycles. The number of benzene rings is 2. The topological polar surface area (TPSA) is 98.9 Å². The minimum absolute atomic E-state index is 0.0551. The van der Waals surface area contributed by atoms with E-state index in [1.165, 1.54) is 23.1 Å². The number of thioether (sulfide) groups is 1. The lowest BCUT2D eigenvalue weighted by atomic mass is 10.1. The molecular weight excluding hydrogens is 452 g/mol. The van der Waals surface area contributed by atoms with Crippen LogP contribution in [-0.4, -0.2) is 32.3 Å². The molecule has 2 N–H and O–H groups in total. The quantitative estimate of drug-likeness (QED) is 0.212. The lowest BCUT2D eigenvalue weighted by molar-refractivity contribution is 0.0952. The Morgan fingerprint density at radius 2 is 1.91 bits per heavy atom. The molecule has 5 rings (SSSR count). The van der Waals surface area contributed by atoms with Crippen molar-refractivity contribution in [2.24, 2.45) is 0 Å². The van der Waals surface area contributed by atoms with Gasteiger partial charge < -0.3 is 10.4 Å². The number of amides is 1. The van der Waals surface area contributed by atoms with Crippen molar-refractivity contribution in [2.45, 2.75) is 36.1 Å². The first kappa shape index (κ1) is 21.4. The van der Waals surface area contributed by atoms with Gasteiger partial charge in [-0.2, -0.15) is 5.26 Å². The van der Waals surface area contributed by atoms with Crippen LogP contribution in [0.25, 0.3) is 26.7 Å². The number of fused-ring (bicyclic) bond motifs is 2. The number of nitrogens with one attached hydrogen (secondary N) is 1. The lowest BCUT2D eigenvalue weighted by Crippen LogP contribution is -2.25. The van der Waals surface area contributed by atoms with Gasteiger partial charge in [-0.15, -0.1) is 11.3 Å². The summed E-state index contributed by atoms with van der Waals surface area (Å²) >= 11 is 2.68. The standard InChI is InChI=1S/C25H20N4O2S2/c1-14(23(30)18(13-26)25-29-20-8-4-5-9-21(20)33-25)32-22-12-17(24(31)27-15-10-11-15)16-6-2-3-7-19(16)28-22/h2-9,12,14-15,30H,10-11H2,1H3,(H,27,31)/b23-18-. The number of aliphatic hydroxyl groups is 1. The van der Waals surface area contributed by atoms with E-state index in [9.17, 15) is 15.2 Å². The highest BCUT2D eigenvalue weighted by Crippen LogP contribution is 2.34. The number of hydrogen-bond acceptors (Lipinski definition) is 7. The highest BCUT2D eigenvalue weighted by Gasteiger charge is 2.26. The number of pyridine rings is 1. The number of carbonyl (C=O) groups is 1. The number of para-hydroxylation sites is 2. The van der Waals surface area contributed by atoms with E-state index < -0.39 is 5.25 Å². The minimum atomic E-state index is -0.459. The van der Waals surface area contributed by atoms with Crippen molar-refractivity contribution < 1.29 is 9.90 Å². The van der Waals surface area contributed by atoms with Gasteiger partial charge in [-0.3, -0.25) is 4.79 Å². The maximum atomic E-state index is 12.8. The molecule has 164 valence electrons. The van der Waals surface area contributed by atoms with Gasteiger partial charge >= 0.3 is 0 Å². The molecule has 2 aromatic heterocycles. The van der Waals surface area contributed by atoms with Crippen LogP contribution in [0.3, 0.4) is 0 Å². The van der Waals surface area contributed by atoms with Gasteiger partial charge in [0.15, 0.2) is 0 Å². The van der Waals surface area contributed by atoms with Crippen LogP contribution in [0.1, 0.15) is 35.1 Å². The molecule has 4 aromatic rings. The fraction of sp³-hybridized carbons (Fsp3) is 0.200. The number of aliphatic hydroxyl groups excluding tert-OH is 1. The van der Waals surface area contributed by atoms with Crippen molar-refractivity contribution in [3.63, 3.8) is 0 Å². The van der Waals surface area contributed by atoms with Crippen LogP contribution in [0.2, 0.25) is 0 Å². The van der Waals surface area contributed by atoms with Crippen molar-refractivity contribution in [2.75, 3.05) is 0 Å². The third-order valence-corrected chi connectivity index (χ3v) is 7.49. The van der Waals surface area contributed by atoms with E-state index in [0.29, 0.717) is 21.1 Å². The molecule has 1 aliphatic rings.